The largest absolute Gasteiger partial charge is 0.459 e. The molecule has 0 aliphatic carbocycles. The van der Waals surface area contributed by atoms with E-state index in [-0.39, 0.29) is 5.91 Å². The van der Waals surface area contributed by atoms with Gasteiger partial charge in [0, 0.05) is 24.9 Å². The molecule has 1 aliphatic rings. The number of hydrogen-bond donors (Lipinski definition) is 1. The monoisotopic (exact) mass is 414 g/mol. The summed E-state index contributed by atoms with van der Waals surface area (Å²) in [6.07, 6.45) is 6.98. The predicted molar refractivity (Wildman–Crippen MR) is 113 cm³/mol. The third-order valence-corrected chi connectivity index (χ3v) is 5.67. The molecule has 0 spiro atoms. The molecule has 0 radical (unpaired) electrons. The third-order valence-electron chi connectivity index (χ3n) is 4.81. The van der Waals surface area contributed by atoms with Crippen LogP contribution in [0.4, 0.5) is 5.82 Å². The number of rotatable bonds is 7. The Bertz CT molecular complexity index is 963. The summed E-state index contributed by atoms with van der Waals surface area (Å²) < 4.78 is 6.97. The molecule has 4 rings (SSSR count). The van der Waals surface area contributed by atoms with Gasteiger partial charge in [-0.2, -0.15) is 5.10 Å². The van der Waals surface area contributed by atoms with Crippen LogP contribution < -0.4 is 10.2 Å². The molecule has 1 saturated heterocycles. The second-order valence-corrected chi connectivity index (χ2v) is 8.93. The maximum Gasteiger partial charge on any atom is 0.287 e. The number of carbonyl (C=O) groups is 1. The van der Waals surface area contributed by atoms with Crippen molar-refractivity contribution < 1.29 is 9.21 Å². The first kappa shape index (κ1) is 19.8. The average Bonchev–Trinajstić information content (AvgIpc) is 3.38. The highest BCUT2D eigenvalue weighted by Crippen LogP contribution is 2.30. The van der Waals surface area contributed by atoms with Gasteiger partial charge in [-0.25, -0.2) is 14.6 Å². The topological polar surface area (TPSA) is 89.1 Å². The Morgan fingerprint density at radius 2 is 2.10 bits per heavy atom. The van der Waals surface area contributed by atoms with Crippen LogP contribution >= 0.6 is 11.8 Å². The highest BCUT2D eigenvalue weighted by molar-refractivity contribution is 7.99. The van der Waals surface area contributed by atoms with Crippen molar-refractivity contribution in [2.45, 2.75) is 50.1 Å². The number of aromatic nitrogens is 4. The first-order chi connectivity index (χ1) is 14.1. The van der Waals surface area contributed by atoms with E-state index in [4.69, 9.17) is 14.4 Å². The molecule has 154 valence electrons. The van der Waals surface area contributed by atoms with Gasteiger partial charge in [0.15, 0.2) is 16.6 Å². The second-order valence-electron chi connectivity index (χ2n) is 7.38. The standard InChI is InChI=1S/C20H26N6O2S/c1-14(2)29-20-23-17(25-9-4-3-5-10-25)15-13-22-26(18(15)24-20)11-8-21-19(27)16-7-6-12-28-16/h6-7,12-14H,3-5,8-11H2,1-2H3,(H,21,27). The van der Waals surface area contributed by atoms with E-state index in [1.54, 1.807) is 23.9 Å². The van der Waals surface area contributed by atoms with Crippen LogP contribution in [0.1, 0.15) is 43.7 Å². The SMILES string of the molecule is CC(C)Sc1nc(N2CCCCC2)c2cnn(CCNC(=O)c3ccco3)c2n1. The third kappa shape index (κ3) is 4.55. The van der Waals surface area contributed by atoms with Gasteiger partial charge in [0.25, 0.3) is 5.91 Å². The van der Waals surface area contributed by atoms with Crippen molar-refractivity contribution in [3.05, 3.63) is 30.4 Å². The molecule has 3 aromatic heterocycles. The zero-order valence-electron chi connectivity index (χ0n) is 16.8. The van der Waals surface area contributed by atoms with Crippen LogP contribution in [0.2, 0.25) is 0 Å². The van der Waals surface area contributed by atoms with Crippen LogP contribution in [0.3, 0.4) is 0 Å². The second kappa shape index (κ2) is 8.86. The van der Waals surface area contributed by atoms with E-state index in [2.05, 4.69) is 29.2 Å². The summed E-state index contributed by atoms with van der Waals surface area (Å²) in [4.78, 5) is 24.0. The Balaban J connectivity index is 1.56. The molecule has 8 nitrogen and oxygen atoms in total. The summed E-state index contributed by atoms with van der Waals surface area (Å²) in [5, 5.41) is 9.53. The van der Waals surface area contributed by atoms with Gasteiger partial charge in [-0.3, -0.25) is 4.79 Å². The maximum atomic E-state index is 12.1. The number of nitrogens with one attached hydrogen (secondary N) is 1. The zero-order valence-corrected chi connectivity index (χ0v) is 17.6. The highest BCUT2D eigenvalue weighted by atomic mass is 32.2. The Kier molecular flexibility index (Phi) is 6.03. The van der Waals surface area contributed by atoms with E-state index in [1.165, 1.54) is 25.5 Å². The summed E-state index contributed by atoms with van der Waals surface area (Å²) in [7, 11) is 0. The molecular weight excluding hydrogens is 388 g/mol. The minimum atomic E-state index is -0.230. The molecular formula is C20H26N6O2S. The molecule has 0 atom stereocenters. The number of anilines is 1. The molecule has 4 heterocycles. The van der Waals surface area contributed by atoms with Crippen LogP contribution in [-0.2, 0) is 6.54 Å². The first-order valence-corrected chi connectivity index (χ1v) is 11.0. The quantitative estimate of drug-likeness (QED) is 0.468. The van der Waals surface area contributed by atoms with E-state index in [0.717, 1.165) is 35.1 Å². The highest BCUT2D eigenvalue weighted by Gasteiger charge is 2.20. The lowest BCUT2D eigenvalue weighted by molar-refractivity contribution is 0.0924. The van der Waals surface area contributed by atoms with Crippen molar-refractivity contribution in [3.63, 3.8) is 0 Å². The maximum absolute atomic E-state index is 12.1. The van der Waals surface area contributed by atoms with Crippen molar-refractivity contribution in [1.29, 1.82) is 0 Å². The number of piperidine rings is 1. The van der Waals surface area contributed by atoms with Crippen molar-refractivity contribution in [1.82, 2.24) is 25.1 Å². The van der Waals surface area contributed by atoms with Gasteiger partial charge in [0.1, 0.15) is 5.82 Å². The molecule has 0 bridgehead atoms. The van der Waals surface area contributed by atoms with Gasteiger partial charge >= 0.3 is 0 Å². The Hall–Kier alpha value is -2.55. The molecule has 1 N–H and O–H groups in total. The van der Waals surface area contributed by atoms with E-state index in [1.807, 2.05) is 10.9 Å². The average molecular weight is 415 g/mol. The van der Waals surface area contributed by atoms with E-state index < -0.39 is 0 Å². The molecule has 0 aromatic carbocycles. The molecule has 1 aliphatic heterocycles. The molecule has 3 aromatic rings. The molecule has 29 heavy (non-hydrogen) atoms. The fourth-order valence-electron chi connectivity index (χ4n) is 3.47. The van der Waals surface area contributed by atoms with Crippen molar-refractivity contribution in [2.75, 3.05) is 24.5 Å². The van der Waals surface area contributed by atoms with Crippen LogP contribution in [0, 0.1) is 0 Å². The summed E-state index contributed by atoms with van der Waals surface area (Å²) in [5.41, 5.74) is 0.816. The van der Waals surface area contributed by atoms with Crippen LogP contribution in [0.15, 0.2) is 34.2 Å². The van der Waals surface area contributed by atoms with Gasteiger partial charge in [-0.05, 0) is 31.4 Å². The number of fused-ring (bicyclic) bond motifs is 1. The first-order valence-electron chi connectivity index (χ1n) is 10.1. The number of carbonyl (C=O) groups excluding carboxylic acids is 1. The minimum Gasteiger partial charge on any atom is -0.459 e. The Morgan fingerprint density at radius 1 is 1.28 bits per heavy atom. The summed E-state index contributed by atoms with van der Waals surface area (Å²) >= 11 is 1.66. The Morgan fingerprint density at radius 3 is 2.83 bits per heavy atom. The van der Waals surface area contributed by atoms with Crippen LogP contribution in [0.25, 0.3) is 11.0 Å². The predicted octanol–water partition coefficient (Wildman–Crippen LogP) is 3.34. The van der Waals surface area contributed by atoms with Gasteiger partial charge in [0.05, 0.1) is 24.4 Å². The van der Waals surface area contributed by atoms with Crippen LogP contribution in [-0.4, -0.2) is 50.5 Å². The molecule has 1 fully saturated rings. The number of nitrogens with zero attached hydrogens (tertiary/aromatic N) is 5. The fraction of sp³-hybridized carbons (Fsp3) is 0.500. The van der Waals surface area contributed by atoms with E-state index in [9.17, 15) is 4.79 Å². The van der Waals surface area contributed by atoms with Crippen molar-refractivity contribution in [2.24, 2.45) is 0 Å². The lowest BCUT2D eigenvalue weighted by atomic mass is 10.1. The minimum absolute atomic E-state index is 0.230. The number of thioether (sulfide) groups is 1. The molecule has 0 saturated carbocycles. The fourth-order valence-corrected chi connectivity index (χ4v) is 4.17. The van der Waals surface area contributed by atoms with Gasteiger partial charge in [-0.15, -0.1) is 0 Å². The number of hydrogen-bond acceptors (Lipinski definition) is 7. The lowest BCUT2D eigenvalue weighted by Gasteiger charge is -2.28. The van der Waals surface area contributed by atoms with Gasteiger partial charge < -0.3 is 14.6 Å². The van der Waals surface area contributed by atoms with Gasteiger partial charge in [0.2, 0.25) is 0 Å². The summed E-state index contributed by atoms with van der Waals surface area (Å²) in [6, 6.07) is 3.34. The smallest absolute Gasteiger partial charge is 0.287 e. The zero-order chi connectivity index (χ0) is 20.2. The molecule has 0 unspecified atom stereocenters. The van der Waals surface area contributed by atoms with E-state index in [0.29, 0.717) is 24.1 Å². The Labute approximate surface area is 174 Å². The number of furan rings is 1. The van der Waals surface area contributed by atoms with Gasteiger partial charge in [-0.1, -0.05) is 25.6 Å². The van der Waals surface area contributed by atoms with Crippen LogP contribution in [0.5, 0.6) is 0 Å². The summed E-state index contributed by atoms with van der Waals surface area (Å²) in [5.74, 6) is 1.05. The number of amides is 1. The van der Waals surface area contributed by atoms with E-state index >= 15 is 0 Å². The lowest BCUT2D eigenvalue weighted by Crippen LogP contribution is -2.30. The summed E-state index contributed by atoms with van der Waals surface area (Å²) in [6.45, 7) is 7.27. The normalized spacial score (nSPS) is 14.7. The molecule has 9 heteroatoms. The van der Waals surface area contributed by atoms with Crippen molar-refractivity contribution in [3.8, 4) is 0 Å². The van der Waals surface area contributed by atoms with Crippen molar-refractivity contribution >= 4 is 34.5 Å². The molecule has 1 amide bonds.